The molecule has 1 aromatic carbocycles. The third-order valence-corrected chi connectivity index (χ3v) is 6.20. The van der Waals surface area contributed by atoms with Crippen LogP contribution < -0.4 is 10.5 Å². The van der Waals surface area contributed by atoms with E-state index in [-0.39, 0.29) is 17.6 Å². The largest absolute Gasteiger partial charge is 0.345 e. The van der Waals surface area contributed by atoms with Crippen molar-refractivity contribution in [3.63, 3.8) is 0 Å². The second-order valence-corrected chi connectivity index (χ2v) is 7.92. The van der Waals surface area contributed by atoms with Crippen LogP contribution in [-0.4, -0.2) is 26.1 Å². The molecule has 144 valence electrons. The van der Waals surface area contributed by atoms with E-state index < -0.39 is 0 Å². The Kier molecular flexibility index (Phi) is 4.34. The lowest BCUT2D eigenvalue weighted by atomic mass is 10.1. The number of benzene rings is 1. The zero-order valence-electron chi connectivity index (χ0n) is 16.2. The summed E-state index contributed by atoms with van der Waals surface area (Å²) < 4.78 is 2.02. The fraction of sp³-hybridized carbons (Fsp3) is 0.455. The second kappa shape index (κ2) is 7.00. The van der Waals surface area contributed by atoms with Crippen LogP contribution >= 0.6 is 0 Å². The smallest absolute Gasteiger partial charge is 0.261 e. The van der Waals surface area contributed by atoms with Crippen molar-refractivity contribution in [3.05, 3.63) is 58.5 Å². The summed E-state index contributed by atoms with van der Waals surface area (Å²) >= 11 is 0. The number of aryl methyl sites for hydroxylation is 1. The fourth-order valence-corrected chi connectivity index (χ4v) is 4.88. The van der Waals surface area contributed by atoms with Crippen LogP contribution in [0.5, 0.6) is 0 Å². The average Bonchev–Trinajstić information content (AvgIpc) is 3.40. The molecule has 3 aromatic rings. The van der Waals surface area contributed by atoms with Gasteiger partial charge in [-0.15, -0.1) is 0 Å². The van der Waals surface area contributed by atoms with Gasteiger partial charge < -0.3 is 4.90 Å². The molecular weight excluding hydrogens is 350 g/mol. The van der Waals surface area contributed by atoms with Crippen LogP contribution in [0.2, 0.25) is 0 Å². The minimum absolute atomic E-state index is 0.0632. The molecule has 1 unspecified atom stereocenters. The van der Waals surface area contributed by atoms with Crippen molar-refractivity contribution in [2.45, 2.75) is 57.5 Å². The standard InChI is InChI=1S/C22H25N5O/c1-15-20(24-13-12-23-15)26-14-6-11-19(26)21-25-18-10-5-4-9-17(18)22(28)27(21)16-7-2-3-8-16/h4-5,9-10,12-13,16,19H,2-3,6-8,11,14H2,1H3. The van der Waals surface area contributed by atoms with E-state index in [0.29, 0.717) is 0 Å². The molecule has 28 heavy (non-hydrogen) atoms. The van der Waals surface area contributed by atoms with Gasteiger partial charge in [0.15, 0.2) is 5.82 Å². The lowest BCUT2D eigenvalue weighted by Crippen LogP contribution is -2.34. The summed E-state index contributed by atoms with van der Waals surface area (Å²) in [7, 11) is 0. The Bertz CT molecular complexity index is 1070. The van der Waals surface area contributed by atoms with E-state index in [1.165, 1.54) is 12.8 Å². The Morgan fingerprint density at radius 1 is 1.00 bits per heavy atom. The molecule has 2 aliphatic rings. The number of para-hydroxylation sites is 1. The highest BCUT2D eigenvalue weighted by Crippen LogP contribution is 2.38. The van der Waals surface area contributed by atoms with Crippen molar-refractivity contribution in [1.29, 1.82) is 0 Å². The van der Waals surface area contributed by atoms with E-state index in [4.69, 9.17) is 4.98 Å². The van der Waals surface area contributed by atoms with Crippen LogP contribution in [0.15, 0.2) is 41.5 Å². The summed E-state index contributed by atoms with van der Waals surface area (Å²) in [6.07, 6.45) is 10.00. The molecule has 1 saturated heterocycles. The minimum atomic E-state index is 0.0632. The van der Waals surface area contributed by atoms with Gasteiger partial charge in [-0.2, -0.15) is 0 Å². The van der Waals surface area contributed by atoms with E-state index in [0.717, 1.165) is 60.5 Å². The minimum Gasteiger partial charge on any atom is -0.345 e. The van der Waals surface area contributed by atoms with Crippen molar-refractivity contribution in [2.24, 2.45) is 0 Å². The highest BCUT2D eigenvalue weighted by atomic mass is 16.1. The predicted octanol–water partition coefficient (Wildman–Crippen LogP) is 3.95. The van der Waals surface area contributed by atoms with Crippen molar-refractivity contribution in [2.75, 3.05) is 11.4 Å². The van der Waals surface area contributed by atoms with Crippen LogP contribution in [0, 0.1) is 6.92 Å². The lowest BCUT2D eigenvalue weighted by molar-refractivity contribution is 0.454. The molecule has 2 fully saturated rings. The van der Waals surface area contributed by atoms with Crippen LogP contribution in [0.25, 0.3) is 10.9 Å². The summed E-state index contributed by atoms with van der Waals surface area (Å²) in [5.41, 5.74) is 1.82. The second-order valence-electron chi connectivity index (χ2n) is 7.92. The van der Waals surface area contributed by atoms with Gasteiger partial charge in [0, 0.05) is 25.0 Å². The Labute approximate surface area is 164 Å². The van der Waals surface area contributed by atoms with Gasteiger partial charge in [0.25, 0.3) is 5.56 Å². The van der Waals surface area contributed by atoms with Gasteiger partial charge in [-0.3, -0.25) is 14.3 Å². The number of rotatable bonds is 3. The number of nitrogens with zero attached hydrogens (tertiary/aromatic N) is 5. The average molecular weight is 375 g/mol. The fourth-order valence-electron chi connectivity index (χ4n) is 4.88. The number of fused-ring (bicyclic) bond motifs is 1. The van der Waals surface area contributed by atoms with Gasteiger partial charge in [-0.05, 0) is 44.7 Å². The molecule has 6 nitrogen and oxygen atoms in total. The van der Waals surface area contributed by atoms with Crippen LogP contribution in [0.3, 0.4) is 0 Å². The van der Waals surface area contributed by atoms with Gasteiger partial charge in [0.1, 0.15) is 5.82 Å². The van der Waals surface area contributed by atoms with Gasteiger partial charge in [-0.1, -0.05) is 25.0 Å². The number of anilines is 1. The summed E-state index contributed by atoms with van der Waals surface area (Å²) in [5.74, 6) is 1.81. The van der Waals surface area contributed by atoms with E-state index in [1.807, 2.05) is 35.8 Å². The molecule has 2 aromatic heterocycles. The van der Waals surface area contributed by atoms with E-state index >= 15 is 0 Å². The monoisotopic (exact) mass is 375 g/mol. The van der Waals surface area contributed by atoms with Crippen molar-refractivity contribution < 1.29 is 0 Å². The quantitative estimate of drug-likeness (QED) is 0.693. The van der Waals surface area contributed by atoms with Gasteiger partial charge in [0.2, 0.25) is 0 Å². The number of hydrogen-bond donors (Lipinski definition) is 0. The maximum Gasteiger partial charge on any atom is 0.261 e. The van der Waals surface area contributed by atoms with Gasteiger partial charge >= 0.3 is 0 Å². The SMILES string of the molecule is Cc1nccnc1N1CCCC1c1nc2ccccc2c(=O)n1C1CCCC1. The van der Waals surface area contributed by atoms with Crippen LogP contribution in [0.4, 0.5) is 5.82 Å². The molecule has 0 N–H and O–H groups in total. The first kappa shape index (κ1) is 17.3. The highest BCUT2D eigenvalue weighted by molar-refractivity contribution is 5.77. The molecule has 1 aliphatic heterocycles. The van der Waals surface area contributed by atoms with Crippen LogP contribution in [-0.2, 0) is 0 Å². The van der Waals surface area contributed by atoms with E-state index in [2.05, 4.69) is 14.9 Å². The first-order chi connectivity index (χ1) is 13.7. The molecule has 0 amide bonds. The molecule has 5 rings (SSSR count). The van der Waals surface area contributed by atoms with Crippen molar-refractivity contribution in [1.82, 2.24) is 19.5 Å². The molecule has 0 bridgehead atoms. The van der Waals surface area contributed by atoms with Crippen molar-refractivity contribution >= 4 is 16.7 Å². The van der Waals surface area contributed by atoms with Crippen LogP contribution in [0.1, 0.15) is 62.1 Å². The van der Waals surface area contributed by atoms with Gasteiger partial charge in [0.05, 0.1) is 22.6 Å². The summed E-state index contributed by atoms with van der Waals surface area (Å²) in [6.45, 7) is 2.91. The van der Waals surface area contributed by atoms with Gasteiger partial charge in [-0.25, -0.2) is 9.97 Å². The molecule has 0 radical (unpaired) electrons. The molecule has 6 heteroatoms. The summed E-state index contributed by atoms with van der Waals surface area (Å²) in [4.78, 5) is 29.8. The Morgan fingerprint density at radius 2 is 1.79 bits per heavy atom. The van der Waals surface area contributed by atoms with E-state index in [9.17, 15) is 4.79 Å². The Balaban J connectivity index is 1.70. The van der Waals surface area contributed by atoms with Crippen molar-refractivity contribution in [3.8, 4) is 0 Å². The highest BCUT2D eigenvalue weighted by Gasteiger charge is 2.34. The zero-order valence-corrected chi connectivity index (χ0v) is 16.2. The molecule has 1 atom stereocenters. The number of hydrogen-bond acceptors (Lipinski definition) is 5. The third-order valence-electron chi connectivity index (χ3n) is 6.20. The molecule has 1 aliphatic carbocycles. The molecule has 3 heterocycles. The summed E-state index contributed by atoms with van der Waals surface area (Å²) in [6, 6.07) is 8.05. The maximum absolute atomic E-state index is 13.5. The predicted molar refractivity (Wildman–Crippen MR) is 110 cm³/mol. The lowest BCUT2D eigenvalue weighted by Gasteiger charge is -2.29. The molecular formula is C22H25N5O. The third kappa shape index (κ3) is 2.79. The Morgan fingerprint density at radius 3 is 2.61 bits per heavy atom. The topological polar surface area (TPSA) is 63.9 Å². The Hall–Kier alpha value is -2.76. The first-order valence-electron chi connectivity index (χ1n) is 10.3. The zero-order chi connectivity index (χ0) is 19.1. The van der Waals surface area contributed by atoms with E-state index in [1.54, 1.807) is 12.4 Å². The molecule has 1 saturated carbocycles. The number of aromatic nitrogens is 4. The summed E-state index contributed by atoms with van der Waals surface area (Å²) in [5, 5.41) is 0.721. The maximum atomic E-state index is 13.5. The normalized spacial score (nSPS) is 20.3. The first-order valence-corrected chi connectivity index (χ1v) is 10.3. The molecule has 0 spiro atoms.